The molecule has 0 aliphatic heterocycles. The van der Waals surface area contributed by atoms with Crippen molar-refractivity contribution in [1.29, 1.82) is 0 Å². The van der Waals surface area contributed by atoms with Gasteiger partial charge in [0.15, 0.2) is 0 Å². The molecule has 0 saturated carbocycles. The highest BCUT2D eigenvalue weighted by Crippen LogP contribution is 2.16. The number of nitrogens with one attached hydrogen (secondary N) is 1. The molecule has 0 amide bonds. The maximum absolute atomic E-state index is 11.8. The van der Waals surface area contributed by atoms with Crippen LogP contribution in [0.1, 0.15) is 42.5 Å². The molecule has 82 valence electrons. The molecule has 0 aliphatic rings. The Morgan fingerprint density at radius 1 is 1.40 bits per heavy atom. The molecule has 2 N–H and O–H groups in total. The lowest BCUT2D eigenvalue weighted by Crippen LogP contribution is -2.30. The van der Waals surface area contributed by atoms with Crippen LogP contribution in [0.2, 0.25) is 0 Å². The predicted octanol–water partition coefficient (Wildman–Crippen LogP) is 1.07. The van der Waals surface area contributed by atoms with Gasteiger partial charge >= 0.3 is 5.97 Å². The maximum Gasteiger partial charge on any atom is 0.341 e. The number of nitrogens with zero attached hydrogens (tertiary/aromatic N) is 1. The Morgan fingerprint density at radius 2 is 1.93 bits per heavy atom. The Labute approximate surface area is 87.1 Å². The Balaban J connectivity index is 3.57. The number of hydrogen-bond acceptors (Lipinski definition) is 3. The number of carbonyl (C=O) groups is 1. The smallest absolute Gasteiger partial charge is 0.341 e. The van der Waals surface area contributed by atoms with E-state index in [-0.39, 0.29) is 17.0 Å². The molecule has 0 fully saturated rings. The minimum absolute atomic E-state index is 0.227. The third-order valence-corrected chi connectivity index (χ3v) is 2.08. The number of aromatic carboxylic acids is 1. The quantitative estimate of drug-likeness (QED) is 0.726. The van der Waals surface area contributed by atoms with Crippen molar-refractivity contribution in [2.75, 3.05) is 0 Å². The Kier molecular flexibility index (Phi) is 2.66. The van der Waals surface area contributed by atoms with E-state index in [4.69, 9.17) is 5.11 Å². The first-order chi connectivity index (χ1) is 6.75. The lowest BCUT2D eigenvalue weighted by molar-refractivity contribution is 0.0693. The van der Waals surface area contributed by atoms with Crippen molar-refractivity contribution < 1.29 is 9.90 Å². The zero-order valence-electron chi connectivity index (χ0n) is 9.21. The average molecular weight is 210 g/mol. The Bertz CT molecular complexity index is 455. The van der Waals surface area contributed by atoms with Crippen LogP contribution in [0.25, 0.3) is 0 Å². The second-order valence-corrected chi connectivity index (χ2v) is 4.46. The van der Waals surface area contributed by atoms with E-state index in [2.05, 4.69) is 10.2 Å². The Hall–Kier alpha value is -1.65. The van der Waals surface area contributed by atoms with Crippen LogP contribution in [0.3, 0.4) is 0 Å². The monoisotopic (exact) mass is 210 g/mol. The van der Waals surface area contributed by atoms with Gasteiger partial charge in [-0.2, -0.15) is 5.10 Å². The fourth-order valence-electron chi connectivity index (χ4n) is 1.30. The van der Waals surface area contributed by atoms with Crippen LogP contribution in [0.4, 0.5) is 0 Å². The van der Waals surface area contributed by atoms with Crippen molar-refractivity contribution in [1.82, 2.24) is 10.2 Å². The molecular formula is C10H14N2O3. The first kappa shape index (κ1) is 11.4. The predicted molar refractivity (Wildman–Crippen MR) is 55.3 cm³/mol. The van der Waals surface area contributed by atoms with Gasteiger partial charge in [0.2, 0.25) is 5.43 Å². The zero-order chi connectivity index (χ0) is 11.8. The molecule has 0 bridgehead atoms. The van der Waals surface area contributed by atoms with E-state index in [1.54, 1.807) is 0 Å². The second-order valence-electron chi connectivity index (χ2n) is 4.46. The fourth-order valence-corrected chi connectivity index (χ4v) is 1.30. The van der Waals surface area contributed by atoms with Gasteiger partial charge in [-0.3, -0.25) is 9.89 Å². The normalized spacial score (nSPS) is 11.5. The van der Waals surface area contributed by atoms with Gasteiger partial charge in [-0.1, -0.05) is 20.8 Å². The molecule has 1 rings (SSSR count). The van der Waals surface area contributed by atoms with Crippen LogP contribution in [-0.2, 0) is 5.41 Å². The number of aryl methyl sites for hydroxylation is 1. The molecule has 5 nitrogen and oxygen atoms in total. The number of carboxylic acid groups (broad SMARTS) is 1. The van der Waals surface area contributed by atoms with Crippen molar-refractivity contribution >= 4 is 5.97 Å². The highest BCUT2D eigenvalue weighted by atomic mass is 16.4. The maximum atomic E-state index is 11.8. The van der Waals surface area contributed by atoms with Gasteiger partial charge in [-0.25, -0.2) is 4.79 Å². The summed E-state index contributed by atoms with van der Waals surface area (Å²) in [4.78, 5) is 22.7. The van der Waals surface area contributed by atoms with E-state index in [1.807, 2.05) is 20.8 Å². The van der Waals surface area contributed by atoms with E-state index in [0.717, 1.165) is 0 Å². The van der Waals surface area contributed by atoms with Gasteiger partial charge in [-0.15, -0.1) is 0 Å². The average Bonchev–Trinajstić information content (AvgIpc) is 2.00. The summed E-state index contributed by atoms with van der Waals surface area (Å²) in [6.45, 7) is 6.95. The summed E-state index contributed by atoms with van der Waals surface area (Å²) in [5.41, 5.74) is -0.682. The van der Waals surface area contributed by atoms with Gasteiger partial charge in [0, 0.05) is 11.1 Å². The molecule has 0 spiro atoms. The summed E-state index contributed by atoms with van der Waals surface area (Å²) < 4.78 is 0. The van der Waals surface area contributed by atoms with E-state index in [1.165, 1.54) is 6.92 Å². The summed E-state index contributed by atoms with van der Waals surface area (Å²) in [5.74, 6) is -1.22. The number of aromatic nitrogens is 2. The lowest BCUT2D eigenvalue weighted by atomic mass is 9.90. The second kappa shape index (κ2) is 3.49. The Morgan fingerprint density at radius 3 is 2.33 bits per heavy atom. The van der Waals surface area contributed by atoms with E-state index >= 15 is 0 Å². The van der Waals surface area contributed by atoms with Crippen molar-refractivity contribution in [3.8, 4) is 0 Å². The number of H-pyrrole nitrogens is 1. The van der Waals surface area contributed by atoms with Gasteiger partial charge in [0.05, 0.1) is 0 Å². The molecule has 0 atom stereocenters. The first-order valence-electron chi connectivity index (χ1n) is 4.58. The highest BCUT2D eigenvalue weighted by molar-refractivity contribution is 5.88. The molecule has 1 aromatic heterocycles. The van der Waals surface area contributed by atoms with E-state index < -0.39 is 16.8 Å². The fraction of sp³-hybridized carbons (Fsp3) is 0.500. The molecule has 0 radical (unpaired) electrons. The van der Waals surface area contributed by atoms with Crippen LogP contribution >= 0.6 is 0 Å². The first-order valence-corrected chi connectivity index (χ1v) is 4.58. The van der Waals surface area contributed by atoms with E-state index in [0.29, 0.717) is 0 Å². The van der Waals surface area contributed by atoms with Crippen molar-refractivity contribution in [2.24, 2.45) is 0 Å². The highest BCUT2D eigenvalue weighted by Gasteiger charge is 2.24. The van der Waals surface area contributed by atoms with Crippen molar-refractivity contribution in [3.63, 3.8) is 0 Å². The van der Waals surface area contributed by atoms with Gasteiger partial charge < -0.3 is 5.11 Å². The number of hydrogen-bond donors (Lipinski definition) is 2. The molecule has 0 saturated heterocycles. The van der Waals surface area contributed by atoms with Gasteiger partial charge in [0.25, 0.3) is 0 Å². The summed E-state index contributed by atoms with van der Waals surface area (Å²) >= 11 is 0. The largest absolute Gasteiger partial charge is 0.477 e. The summed E-state index contributed by atoms with van der Waals surface area (Å²) in [6, 6.07) is 0. The molecule has 5 heteroatoms. The third kappa shape index (κ3) is 2.06. The minimum atomic E-state index is -1.22. The topological polar surface area (TPSA) is 83.0 Å². The number of aromatic amines is 1. The summed E-state index contributed by atoms with van der Waals surface area (Å²) in [7, 11) is 0. The molecule has 0 aliphatic carbocycles. The zero-order valence-corrected chi connectivity index (χ0v) is 9.21. The SMILES string of the molecule is Cc1[nH]nc(C(C)(C)C)c(=O)c1C(=O)O. The standard InChI is InChI=1S/C10H14N2O3/c1-5-6(9(14)15)7(13)8(12-11-5)10(2,3)4/h1-4H3,(H,11,13)(H,14,15). The van der Waals surface area contributed by atoms with Crippen LogP contribution in [-0.4, -0.2) is 21.3 Å². The van der Waals surface area contributed by atoms with Crippen molar-refractivity contribution in [2.45, 2.75) is 33.1 Å². The van der Waals surface area contributed by atoms with Gasteiger partial charge in [0.1, 0.15) is 11.3 Å². The molecular weight excluding hydrogens is 196 g/mol. The van der Waals surface area contributed by atoms with Crippen LogP contribution < -0.4 is 5.43 Å². The minimum Gasteiger partial charge on any atom is -0.477 e. The van der Waals surface area contributed by atoms with Crippen LogP contribution in [0.5, 0.6) is 0 Å². The number of carboxylic acids is 1. The van der Waals surface area contributed by atoms with Crippen LogP contribution in [0.15, 0.2) is 4.79 Å². The molecule has 1 aromatic rings. The van der Waals surface area contributed by atoms with Gasteiger partial charge in [-0.05, 0) is 6.92 Å². The molecule has 1 heterocycles. The van der Waals surface area contributed by atoms with Crippen LogP contribution in [0, 0.1) is 6.92 Å². The summed E-state index contributed by atoms with van der Waals surface area (Å²) in [6.07, 6.45) is 0. The lowest BCUT2D eigenvalue weighted by Gasteiger charge is -2.16. The summed E-state index contributed by atoms with van der Waals surface area (Å²) in [5, 5.41) is 15.3. The molecule has 0 aromatic carbocycles. The number of rotatable bonds is 1. The molecule has 15 heavy (non-hydrogen) atoms. The van der Waals surface area contributed by atoms with Crippen molar-refractivity contribution in [3.05, 3.63) is 27.2 Å². The molecule has 0 unspecified atom stereocenters. The van der Waals surface area contributed by atoms with E-state index in [9.17, 15) is 9.59 Å². The third-order valence-electron chi connectivity index (χ3n) is 2.08.